The Morgan fingerprint density at radius 2 is 1.95 bits per heavy atom. The molecule has 2 aliphatic heterocycles. The lowest BCUT2D eigenvalue weighted by Gasteiger charge is -2.60. The van der Waals surface area contributed by atoms with Crippen LogP contribution in [0.2, 0.25) is 0 Å². The number of nitrogens with one attached hydrogen (secondary N) is 1. The van der Waals surface area contributed by atoms with Gasteiger partial charge in [0.15, 0.2) is 0 Å². The predicted molar refractivity (Wildman–Crippen MR) is 77.8 cm³/mol. The normalized spacial score (nSPS) is 39.3. The van der Waals surface area contributed by atoms with E-state index in [9.17, 15) is 0 Å². The van der Waals surface area contributed by atoms with Gasteiger partial charge in [0, 0.05) is 37.1 Å². The predicted octanol–water partition coefficient (Wildman–Crippen LogP) is 1.98. The molecule has 3 aliphatic rings. The molecule has 0 aromatic heterocycles. The van der Waals surface area contributed by atoms with Crippen molar-refractivity contribution in [3.63, 3.8) is 0 Å². The molecule has 1 saturated carbocycles. The van der Waals surface area contributed by atoms with Crippen molar-refractivity contribution >= 4 is 0 Å². The molecule has 0 bridgehead atoms. The molecule has 2 saturated heterocycles. The van der Waals surface area contributed by atoms with Gasteiger partial charge in [-0.1, -0.05) is 13.8 Å². The Kier molecular flexibility index (Phi) is 4.65. The molecular weight excluding hydrogens is 254 g/mol. The monoisotopic (exact) mass is 283 g/mol. The Morgan fingerprint density at radius 1 is 1.15 bits per heavy atom. The van der Waals surface area contributed by atoms with E-state index in [2.05, 4.69) is 19.2 Å². The Hall–Kier alpha value is -0.160. The quantitative estimate of drug-likeness (QED) is 0.757. The zero-order valence-corrected chi connectivity index (χ0v) is 12.9. The molecule has 3 fully saturated rings. The maximum Gasteiger partial charge on any atom is 0.0809 e. The lowest BCUT2D eigenvalue weighted by Crippen LogP contribution is -2.69. The molecule has 2 heterocycles. The second-order valence-electron chi connectivity index (χ2n) is 7.06. The summed E-state index contributed by atoms with van der Waals surface area (Å²) < 4.78 is 17.2. The third-order valence-corrected chi connectivity index (χ3v) is 5.27. The summed E-state index contributed by atoms with van der Waals surface area (Å²) in [4.78, 5) is 0. The molecule has 4 unspecified atom stereocenters. The maximum atomic E-state index is 5.93. The van der Waals surface area contributed by atoms with Gasteiger partial charge in [0.05, 0.1) is 25.4 Å². The fourth-order valence-corrected chi connectivity index (χ4v) is 4.21. The van der Waals surface area contributed by atoms with E-state index in [0.29, 0.717) is 24.2 Å². The Morgan fingerprint density at radius 3 is 2.75 bits per heavy atom. The third-order valence-electron chi connectivity index (χ3n) is 5.27. The fraction of sp³-hybridized carbons (Fsp3) is 1.00. The number of fused-ring (bicyclic) bond motifs is 1. The van der Waals surface area contributed by atoms with Gasteiger partial charge in [-0.05, 0) is 25.7 Å². The van der Waals surface area contributed by atoms with Crippen LogP contribution in [-0.4, -0.2) is 51.2 Å². The van der Waals surface area contributed by atoms with E-state index in [1.807, 2.05) is 0 Å². The van der Waals surface area contributed by atoms with Crippen molar-refractivity contribution < 1.29 is 14.2 Å². The van der Waals surface area contributed by atoms with Gasteiger partial charge in [0.1, 0.15) is 0 Å². The van der Waals surface area contributed by atoms with Crippen LogP contribution in [0.5, 0.6) is 0 Å². The van der Waals surface area contributed by atoms with Crippen LogP contribution >= 0.6 is 0 Å². The van der Waals surface area contributed by atoms with Crippen molar-refractivity contribution in [1.29, 1.82) is 0 Å². The van der Waals surface area contributed by atoms with Gasteiger partial charge in [-0.15, -0.1) is 0 Å². The molecule has 0 aromatic carbocycles. The summed E-state index contributed by atoms with van der Waals surface area (Å²) in [5.74, 6) is 0.705. The zero-order chi connectivity index (χ0) is 14.0. The van der Waals surface area contributed by atoms with Crippen LogP contribution in [0.3, 0.4) is 0 Å². The zero-order valence-electron chi connectivity index (χ0n) is 12.9. The molecule has 0 radical (unpaired) electrons. The molecular formula is C16H29NO3. The van der Waals surface area contributed by atoms with Gasteiger partial charge in [0.2, 0.25) is 0 Å². The van der Waals surface area contributed by atoms with Crippen LogP contribution in [-0.2, 0) is 14.2 Å². The van der Waals surface area contributed by atoms with Crippen molar-refractivity contribution in [3.05, 3.63) is 0 Å². The molecule has 4 heteroatoms. The molecule has 1 N–H and O–H groups in total. The Bertz CT molecular complexity index is 315. The van der Waals surface area contributed by atoms with E-state index in [1.54, 1.807) is 0 Å². The summed E-state index contributed by atoms with van der Waals surface area (Å²) in [5, 5.41) is 3.69. The highest BCUT2D eigenvalue weighted by Gasteiger charge is 2.57. The minimum atomic E-state index is 0.264. The lowest BCUT2D eigenvalue weighted by atomic mass is 9.55. The van der Waals surface area contributed by atoms with Gasteiger partial charge < -0.3 is 19.5 Å². The summed E-state index contributed by atoms with van der Waals surface area (Å²) in [5.41, 5.74) is 0.264. The van der Waals surface area contributed by atoms with E-state index in [4.69, 9.17) is 14.2 Å². The van der Waals surface area contributed by atoms with Gasteiger partial charge >= 0.3 is 0 Å². The van der Waals surface area contributed by atoms with Crippen LogP contribution in [0.4, 0.5) is 0 Å². The van der Waals surface area contributed by atoms with Gasteiger partial charge in [-0.2, -0.15) is 0 Å². The number of ether oxygens (including phenoxy) is 3. The van der Waals surface area contributed by atoms with Crippen LogP contribution in [0.1, 0.15) is 39.5 Å². The van der Waals surface area contributed by atoms with E-state index < -0.39 is 0 Å². The highest BCUT2D eigenvalue weighted by molar-refractivity contribution is 5.10. The molecule has 0 spiro atoms. The molecule has 116 valence electrons. The van der Waals surface area contributed by atoms with Crippen LogP contribution in [0.15, 0.2) is 0 Å². The van der Waals surface area contributed by atoms with Crippen molar-refractivity contribution in [2.75, 3.05) is 33.0 Å². The SMILES string of the molecule is CC1(C)C(NCCOCC2CCCO2)C2CCCOC21. The van der Waals surface area contributed by atoms with Gasteiger partial charge in [-0.3, -0.25) is 0 Å². The van der Waals surface area contributed by atoms with Gasteiger partial charge in [-0.25, -0.2) is 0 Å². The first-order valence-corrected chi connectivity index (χ1v) is 8.24. The largest absolute Gasteiger partial charge is 0.377 e. The first-order chi connectivity index (χ1) is 9.69. The smallest absolute Gasteiger partial charge is 0.0809 e. The first-order valence-electron chi connectivity index (χ1n) is 8.24. The van der Waals surface area contributed by atoms with E-state index in [1.165, 1.54) is 19.3 Å². The summed E-state index contributed by atoms with van der Waals surface area (Å²) in [6, 6.07) is 0.583. The van der Waals surface area contributed by atoms with Crippen molar-refractivity contribution in [3.8, 4) is 0 Å². The van der Waals surface area contributed by atoms with Crippen molar-refractivity contribution in [2.24, 2.45) is 11.3 Å². The fourth-order valence-electron chi connectivity index (χ4n) is 4.21. The highest BCUT2D eigenvalue weighted by Crippen LogP contribution is 2.51. The lowest BCUT2D eigenvalue weighted by molar-refractivity contribution is -0.193. The highest BCUT2D eigenvalue weighted by atomic mass is 16.5. The van der Waals surface area contributed by atoms with E-state index in [0.717, 1.165) is 39.4 Å². The summed E-state index contributed by atoms with van der Waals surface area (Å²) in [6.07, 6.45) is 5.66. The standard InChI is InChI=1S/C16H29NO3/c1-16(2)14(13-6-4-9-20-15(13)16)17-7-10-18-11-12-5-3-8-19-12/h12-15,17H,3-11H2,1-2H3. The second kappa shape index (κ2) is 6.30. The number of hydrogen-bond donors (Lipinski definition) is 1. The minimum absolute atomic E-state index is 0.264. The average molecular weight is 283 g/mol. The van der Waals surface area contributed by atoms with Gasteiger partial charge in [0.25, 0.3) is 0 Å². The molecule has 4 nitrogen and oxygen atoms in total. The second-order valence-corrected chi connectivity index (χ2v) is 7.06. The maximum absolute atomic E-state index is 5.93. The van der Waals surface area contributed by atoms with Crippen LogP contribution < -0.4 is 5.32 Å². The van der Waals surface area contributed by atoms with Crippen LogP contribution in [0.25, 0.3) is 0 Å². The molecule has 3 rings (SSSR count). The molecule has 4 atom stereocenters. The minimum Gasteiger partial charge on any atom is -0.377 e. The van der Waals surface area contributed by atoms with E-state index >= 15 is 0 Å². The Balaban J connectivity index is 1.33. The molecule has 20 heavy (non-hydrogen) atoms. The summed E-state index contributed by atoms with van der Waals surface area (Å²) >= 11 is 0. The average Bonchev–Trinajstić information content (AvgIpc) is 2.95. The number of rotatable bonds is 6. The summed E-state index contributed by atoms with van der Waals surface area (Å²) in [6.45, 7) is 8.97. The number of hydrogen-bond acceptors (Lipinski definition) is 4. The van der Waals surface area contributed by atoms with Crippen molar-refractivity contribution in [2.45, 2.75) is 57.8 Å². The molecule has 1 aliphatic carbocycles. The van der Waals surface area contributed by atoms with Crippen LogP contribution in [0, 0.1) is 11.3 Å². The summed E-state index contributed by atoms with van der Waals surface area (Å²) in [7, 11) is 0. The topological polar surface area (TPSA) is 39.7 Å². The molecule has 0 aromatic rings. The third kappa shape index (κ3) is 2.89. The molecule has 0 amide bonds. The Labute approximate surface area is 122 Å². The van der Waals surface area contributed by atoms with E-state index in [-0.39, 0.29) is 5.41 Å². The van der Waals surface area contributed by atoms with Crippen molar-refractivity contribution in [1.82, 2.24) is 5.32 Å². The first kappa shape index (κ1) is 14.8.